The number of anilines is 1. The van der Waals surface area contributed by atoms with Gasteiger partial charge in [-0.1, -0.05) is 23.7 Å². The number of fused-ring (bicyclic) bond motifs is 2. The van der Waals surface area contributed by atoms with Crippen LogP contribution in [-0.2, 0) is 0 Å². The molecule has 5 aromatic rings. The maximum atomic E-state index is 12.7. The quantitative estimate of drug-likeness (QED) is 0.397. The van der Waals surface area contributed by atoms with E-state index in [1.54, 1.807) is 29.5 Å². The predicted octanol–water partition coefficient (Wildman–Crippen LogP) is 6.02. The van der Waals surface area contributed by atoms with Gasteiger partial charge in [0.1, 0.15) is 5.58 Å². The number of nitrogens with zero attached hydrogens (tertiary/aromatic N) is 2. The van der Waals surface area contributed by atoms with Crippen molar-refractivity contribution >= 4 is 50.5 Å². The van der Waals surface area contributed by atoms with Gasteiger partial charge in [0.05, 0.1) is 5.69 Å². The van der Waals surface area contributed by atoms with Crippen LogP contribution in [0, 0.1) is 6.92 Å². The zero-order valence-corrected chi connectivity index (χ0v) is 16.3. The fourth-order valence-corrected chi connectivity index (χ4v) is 4.06. The van der Waals surface area contributed by atoms with E-state index in [9.17, 15) is 4.79 Å². The molecule has 0 unspecified atom stereocenters. The first-order valence-electron chi connectivity index (χ1n) is 8.61. The topological polar surface area (TPSA) is 59.5 Å². The minimum Gasteiger partial charge on any atom is -0.451 e. The van der Waals surface area contributed by atoms with Gasteiger partial charge in [-0.3, -0.25) is 9.20 Å². The summed E-state index contributed by atoms with van der Waals surface area (Å²) in [4.78, 5) is 18.2. The standard InChI is InChI=1S/C21H14ClN3O2S/c1-12-16-10-14(22)4-7-18(16)27-19(12)20(26)23-15-5-2-13(3-6-15)17-11-25-8-9-28-21(25)24-17/h2-11H,1H3,(H,23,26). The summed E-state index contributed by atoms with van der Waals surface area (Å²) in [6.45, 7) is 1.85. The van der Waals surface area contributed by atoms with Crippen LogP contribution in [0.4, 0.5) is 5.69 Å². The smallest absolute Gasteiger partial charge is 0.291 e. The second-order valence-corrected chi connectivity index (χ2v) is 7.76. The molecule has 138 valence electrons. The first kappa shape index (κ1) is 17.0. The van der Waals surface area contributed by atoms with Crippen molar-refractivity contribution < 1.29 is 9.21 Å². The van der Waals surface area contributed by atoms with Gasteiger partial charge in [0.25, 0.3) is 5.91 Å². The third-order valence-corrected chi connectivity index (χ3v) is 5.64. The fraction of sp³-hybridized carbons (Fsp3) is 0.0476. The molecule has 0 bridgehead atoms. The van der Waals surface area contributed by atoms with E-state index < -0.39 is 0 Å². The number of amides is 1. The van der Waals surface area contributed by atoms with Gasteiger partial charge in [-0.05, 0) is 37.3 Å². The summed E-state index contributed by atoms with van der Waals surface area (Å²) >= 11 is 7.64. The normalized spacial score (nSPS) is 11.4. The lowest BCUT2D eigenvalue weighted by Gasteiger charge is -2.05. The van der Waals surface area contributed by atoms with Crippen molar-refractivity contribution in [2.75, 3.05) is 5.32 Å². The molecule has 3 aromatic heterocycles. The Balaban J connectivity index is 1.39. The third-order valence-electron chi connectivity index (χ3n) is 4.64. The van der Waals surface area contributed by atoms with Crippen LogP contribution in [0.1, 0.15) is 16.1 Å². The number of hydrogen-bond donors (Lipinski definition) is 1. The van der Waals surface area contributed by atoms with E-state index in [1.807, 2.05) is 53.4 Å². The monoisotopic (exact) mass is 407 g/mol. The molecule has 2 aromatic carbocycles. The molecule has 5 nitrogen and oxygen atoms in total. The number of halogens is 1. The molecule has 0 aliphatic carbocycles. The molecule has 0 radical (unpaired) electrons. The van der Waals surface area contributed by atoms with Crippen LogP contribution in [0.3, 0.4) is 0 Å². The Morgan fingerprint density at radius 1 is 1.21 bits per heavy atom. The van der Waals surface area contributed by atoms with Crippen molar-refractivity contribution in [3.63, 3.8) is 0 Å². The zero-order chi connectivity index (χ0) is 19.3. The van der Waals surface area contributed by atoms with Crippen molar-refractivity contribution in [2.45, 2.75) is 6.92 Å². The number of carbonyl (C=O) groups is 1. The Hall–Kier alpha value is -3.09. The second kappa shape index (κ2) is 6.51. The number of carbonyl (C=O) groups excluding carboxylic acids is 1. The van der Waals surface area contributed by atoms with Crippen molar-refractivity contribution in [1.29, 1.82) is 0 Å². The van der Waals surface area contributed by atoms with E-state index in [0.29, 0.717) is 16.3 Å². The van der Waals surface area contributed by atoms with E-state index in [1.165, 1.54) is 0 Å². The van der Waals surface area contributed by atoms with Crippen molar-refractivity contribution in [2.24, 2.45) is 0 Å². The molecular formula is C21H14ClN3O2S. The number of aryl methyl sites for hydroxylation is 1. The van der Waals surface area contributed by atoms with E-state index >= 15 is 0 Å². The van der Waals surface area contributed by atoms with Gasteiger partial charge in [0.2, 0.25) is 0 Å². The predicted molar refractivity (Wildman–Crippen MR) is 112 cm³/mol. The number of rotatable bonds is 3. The second-order valence-electron chi connectivity index (χ2n) is 6.45. The Bertz CT molecular complexity index is 1300. The number of benzene rings is 2. The van der Waals surface area contributed by atoms with Crippen molar-refractivity contribution in [1.82, 2.24) is 9.38 Å². The summed E-state index contributed by atoms with van der Waals surface area (Å²) in [5, 5.41) is 6.33. The van der Waals surface area contributed by atoms with E-state index in [2.05, 4.69) is 10.3 Å². The highest BCUT2D eigenvalue weighted by atomic mass is 35.5. The van der Waals surface area contributed by atoms with Gasteiger partial charge in [-0.15, -0.1) is 11.3 Å². The van der Waals surface area contributed by atoms with Gasteiger partial charge in [0, 0.05) is 45.0 Å². The van der Waals surface area contributed by atoms with Gasteiger partial charge >= 0.3 is 0 Å². The largest absolute Gasteiger partial charge is 0.451 e. The van der Waals surface area contributed by atoms with E-state index in [-0.39, 0.29) is 11.7 Å². The van der Waals surface area contributed by atoms with Crippen LogP contribution in [0.25, 0.3) is 27.2 Å². The average Bonchev–Trinajstić information content (AvgIpc) is 3.36. The number of aromatic nitrogens is 2. The molecule has 1 N–H and O–H groups in total. The first-order valence-corrected chi connectivity index (χ1v) is 9.87. The summed E-state index contributed by atoms with van der Waals surface area (Å²) in [7, 11) is 0. The molecule has 0 saturated carbocycles. The molecule has 3 heterocycles. The van der Waals surface area contributed by atoms with Crippen LogP contribution in [0.15, 0.2) is 64.7 Å². The molecule has 0 fully saturated rings. The van der Waals surface area contributed by atoms with Gasteiger partial charge in [-0.2, -0.15) is 0 Å². The van der Waals surface area contributed by atoms with Crippen LogP contribution in [-0.4, -0.2) is 15.3 Å². The highest BCUT2D eigenvalue weighted by Gasteiger charge is 2.18. The zero-order valence-electron chi connectivity index (χ0n) is 14.8. The van der Waals surface area contributed by atoms with Crippen molar-refractivity contribution in [3.8, 4) is 11.3 Å². The summed E-state index contributed by atoms with van der Waals surface area (Å²) < 4.78 is 7.72. The molecule has 0 aliphatic rings. The number of hydrogen-bond acceptors (Lipinski definition) is 4. The maximum Gasteiger partial charge on any atom is 0.291 e. The minimum absolute atomic E-state index is 0.288. The molecule has 0 saturated heterocycles. The van der Waals surface area contributed by atoms with Gasteiger partial charge in [-0.25, -0.2) is 4.98 Å². The van der Waals surface area contributed by atoms with Crippen LogP contribution >= 0.6 is 22.9 Å². The number of imidazole rings is 1. The highest BCUT2D eigenvalue weighted by Crippen LogP contribution is 2.29. The summed E-state index contributed by atoms with van der Waals surface area (Å²) in [6.07, 6.45) is 3.97. The van der Waals surface area contributed by atoms with E-state index in [4.69, 9.17) is 16.0 Å². The number of thiazole rings is 1. The SMILES string of the molecule is Cc1c(C(=O)Nc2ccc(-c3cn4ccsc4n3)cc2)oc2ccc(Cl)cc12. The lowest BCUT2D eigenvalue weighted by atomic mass is 10.1. The van der Waals surface area contributed by atoms with Crippen LogP contribution in [0.2, 0.25) is 5.02 Å². The van der Waals surface area contributed by atoms with Gasteiger partial charge < -0.3 is 9.73 Å². The Labute approximate surface area is 169 Å². The maximum absolute atomic E-state index is 12.7. The summed E-state index contributed by atoms with van der Waals surface area (Å²) in [5.41, 5.74) is 3.98. The van der Waals surface area contributed by atoms with Gasteiger partial charge in [0.15, 0.2) is 10.7 Å². The lowest BCUT2D eigenvalue weighted by Crippen LogP contribution is -2.11. The molecule has 5 rings (SSSR count). The number of nitrogens with one attached hydrogen (secondary N) is 1. The Morgan fingerprint density at radius 2 is 2.04 bits per heavy atom. The fourth-order valence-electron chi connectivity index (χ4n) is 3.19. The average molecular weight is 408 g/mol. The van der Waals surface area contributed by atoms with Crippen molar-refractivity contribution in [3.05, 3.63) is 76.6 Å². The molecular weight excluding hydrogens is 394 g/mol. The molecule has 0 atom stereocenters. The molecule has 0 aliphatic heterocycles. The van der Waals surface area contributed by atoms with Crippen LogP contribution in [0.5, 0.6) is 0 Å². The first-order chi connectivity index (χ1) is 13.6. The van der Waals surface area contributed by atoms with Crippen LogP contribution < -0.4 is 5.32 Å². The molecule has 7 heteroatoms. The Kier molecular flexibility index (Phi) is 3.96. The minimum atomic E-state index is -0.292. The van der Waals surface area contributed by atoms with E-state index in [0.717, 1.165) is 27.2 Å². The summed E-state index contributed by atoms with van der Waals surface area (Å²) in [5.74, 6) is -0.00393. The highest BCUT2D eigenvalue weighted by molar-refractivity contribution is 7.15. The number of furan rings is 1. The Morgan fingerprint density at radius 3 is 2.82 bits per heavy atom. The summed E-state index contributed by atoms with van der Waals surface area (Å²) in [6, 6.07) is 12.9. The lowest BCUT2D eigenvalue weighted by molar-refractivity contribution is 0.0998. The molecule has 0 spiro atoms. The molecule has 1 amide bonds. The third kappa shape index (κ3) is 2.87. The molecule has 28 heavy (non-hydrogen) atoms.